The van der Waals surface area contributed by atoms with Gasteiger partial charge in [-0.05, 0) is 19.4 Å². The molecule has 2 N–H and O–H groups in total. The van der Waals surface area contributed by atoms with Gasteiger partial charge >= 0.3 is 0 Å². The summed E-state index contributed by atoms with van der Waals surface area (Å²) in [6.07, 6.45) is 2.70. The molecule has 0 saturated carbocycles. The minimum Gasteiger partial charge on any atom is -0.313 e. The molecular weight excluding hydrogens is 124 g/mol. The van der Waals surface area contributed by atoms with Crippen LogP contribution in [0.25, 0.3) is 0 Å². The van der Waals surface area contributed by atoms with E-state index in [0.717, 1.165) is 12.6 Å². The first-order valence-corrected chi connectivity index (χ1v) is 4.26. The Morgan fingerprint density at radius 3 is 2.90 bits per heavy atom. The van der Waals surface area contributed by atoms with Gasteiger partial charge in [0.25, 0.3) is 0 Å². The van der Waals surface area contributed by atoms with Crippen molar-refractivity contribution in [1.82, 2.24) is 10.6 Å². The van der Waals surface area contributed by atoms with Crippen LogP contribution in [0.4, 0.5) is 0 Å². The van der Waals surface area contributed by atoms with Gasteiger partial charge in [0.2, 0.25) is 0 Å². The van der Waals surface area contributed by atoms with E-state index in [1.54, 1.807) is 0 Å². The fraction of sp³-hybridized carbons (Fsp3) is 1.00. The second kappa shape index (κ2) is 3.94. The zero-order valence-corrected chi connectivity index (χ0v) is 6.98. The Morgan fingerprint density at radius 2 is 2.40 bits per heavy atom. The standard InChI is InChI=1S/C8H18N2/c1-7(2)10-6-8-4-3-5-9-8/h7-10H,3-6H2,1-2H3. The molecule has 0 amide bonds. The van der Waals surface area contributed by atoms with Crippen molar-refractivity contribution in [2.24, 2.45) is 0 Å². The van der Waals surface area contributed by atoms with E-state index in [1.807, 2.05) is 0 Å². The predicted molar refractivity (Wildman–Crippen MR) is 44.2 cm³/mol. The number of hydrogen-bond acceptors (Lipinski definition) is 2. The van der Waals surface area contributed by atoms with Crippen LogP contribution >= 0.6 is 0 Å². The highest BCUT2D eigenvalue weighted by Gasteiger charge is 2.12. The highest BCUT2D eigenvalue weighted by Crippen LogP contribution is 2.03. The summed E-state index contributed by atoms with van der Waals surface area (Å²) >= 11 is 0. The van der Waals surface area contributed by atoms with E-state index in [4.69, 9.17) is 0 Å². The zero-order chi connectivity index (χ0) is 7.40. The van der Waals surface area contributed by atoms with Gasteiger partial charge in [-0.2, -0.15) is 0 Å². The maximum absolute atomic E-state index is 3.45. The Hall–Kier alpha value is -0.0800. The summed E-state index contributed by atoms with van der Waals surface area (Å²) in [7, 11) is 0. The number of nitrogens with one attached hydrogen (secondary N) is 2. The highest BCUT2D eigenvalue weighted by atomic mass is 15.0. The summed E-state index contributed by atoms with van der Waals surface area (Å²) in [5.41, 5.74) is 0. The molecule has 0 bridgehead atoms. The van der Waals surface area contributed by atoms with Crippen molar-refractivity contribution in [3.05, 3.63) is 0 Å². The van der Waals surface area contributed by atoms with Crippen LogP contribution < -0.4 is 10.6 Å². The normalized spacial score (nSPS) is 26.1. The molecule has 1 aliphatic rings. The third-order valence-electron chi connectivity index (χ3n) is 1.93. The second-order valence-electron chi connectivity index (χ2n) is 3.36. The first-order valence-electron chi connectivity index (χ1n) is 4.26. The summed E-state index contributed by atoms with van der Waals surface area (Å²) in [4.78, 5) is 0. The van der Waals surface area contributed by atoms with Crippen molar-refractivity contribution in [2.45, 2.75) is 38.8 Å². The fourth-order valence-corrected chi connectivity index (χ4v) is 1.31. The van der Waals surface area contributed by atoms with Crippen molar-refractivity contribution in [3.8, 4) is 0 Å². The molecule has 0 radical (unpaired) electrons. The van der Waals surface area contributed by atoms with E-state index in [2.05, 4.69) is 24.5 Å². The molecule has 1 atom stereocenters. The highest BCUT2D eigenvalue weighted by molar-refractivity contribution is 4.76. The van der Waals surface area contributed by atoms with Crippen LogP contribution in [0.3, 0.4) is 0 Å². The Kier molecular flexibility index (Phi) is 3.16. The lowest BCUT2D eigenvalue weighted by atomic mass is 10.2. The Balaban J connectivity index is 2.01. The van der Waals surface area contributed by atoms with Crippen LogP contribution in [0.5, 0.6) is 0 Å². The van der Waals surface area contributed by atoms with Crippen molar-refractivity contribution >= 4 is 0 Å². The average Bonchev–Trinajstić information content (AvgIpc) is 2.34. The van der Waals surface area contributed by atoms with E-state index in [0.29, 0.717) is 6.04 Å². The third kappa shape index (κ3) is 2.67. The largest absolute Gasteiger partial charge is 0.313 e. The first kappa shape index (κ1) is 8.02. The lowest BCUT2D eigenvalue weighted by molar-refractivity contribution is 0.497. The minimum absolute atomic E-state index is 0.627. The molecule has 2 heteroatoms. The SMILES string of the molecule is CC(C)NCC1CCCN1. The van der Waals surface area contributed by atoms with Crippen molar-refractivity contribution in [3.63, 3.8) is 0 Å². The molecule has 0 spiro atoms. The quantitative estimate of drug-likeness (QED) is 0.607. The Morgan fingerprint density at radius 1 is 1.60 bits per heavy atom. The van der Waals surface area contributed by atoms with Crippen LogP contribution in [-0.2, 0) is 0 Å². The zero-order valence-electron chi connectivity index (χ0n) is 6.98. The van der Waals surface area contributed by atoms with E-state index < -0.39 is 0 Å². The maximum atomic E-state index is 3.45. The molecular formula is C8H18N2. The minimum atomic E-state index is 0.627. The van der Waals surface area contributed by atoms with E-state index in [1.165, 1.54) is 19.4 Å². The summed E-state index contributed by atoms with van der Waals surface area (Å²) in [6, 6.07) is 1.37. The second-order valence-corrected chi connectivity index (χ2v) is 3.36. The molecule has 0 aromatic rings. The summed E-state index contributed by atoms with van der Waals surface area (Å²) < 4.78 is 0. The molecule has 1 unspecified atom stereocenters. The summed E-state index contributed by atoms with van der Waals surface area (Å²) in [6.45, 7) is 6.73. The molecule has 0 aliphatic carbocycles. The monoisotopic (exact) mass is 142 g/mol. The Labute approximate surface area is 63.4 Å². The van der Waals surface area contributed by atoms with Gasteiger partial charge in [0, 0.05) is 18.6 Å². The average molecular weight is 142 g/mol. The molecule has 10 heavy (non-hydrogen) atoms. The molecule has 0 aromatic carbocycles. The van der Waals surface area contributed by atoms with Crippen molar-refractivity contribution in [1.29, 1.82) is 0 Å². The van der Waals surface area contributed by atoms with Gasteiger partial charge < -0.3 is 10.6 Å². The molecule has 1 saturated heterocycles. The van der Waals surface area contributed by atoms with Gasteiger partial charge in [0.05, 0.1) is 0 Å². The van der Waals surface area contributed by atoms with Gasteiger partial charge in [0.1, 0.15) is 0 Å². The molecule has 1 fully saturated rings. The maximum Gasteiger partial charge on any atom is 0.0193 e. The lowest BCUT2D eigenvalue weighted by Gasteiger charge is -2.13. The van der Waals surface area contributed by atoms with Gasteiger partial charge in [-0.1, -0.05) is 13.8 Å². The van der Waals surface area contributed by atoms with Gasteiger partial charge in [-0.3, -0.25) is 0 Å². The van der Waals surface area contributed by atoms with E-state index in [-0.39, 0.29) is 0 Å². The van der Waals surface area contributed by atoms with Crippen molar-refractivity contribution in [2.75, 3.05) is 13.1 Å². The lowest BCUT2D eigenvalue weighted by Crippen LogP contribution is -2.37. The molecule has 0 aromatic heterocycles. The van der Waals surface area contributed by atoms with E-state index >= 15 is 0 Å². The Bertz CT molecular complexity index is 85.3. The first-order chi connectivity index (χ1) is 4.79. The molecule has 1 rings (SSSR count). The topological polar surface area (TPSA) is 24.1 Å². The van der Waals surface area contributed by atoms with Crippen LogP contribution in [0.15, 0.2) is 0 Å². The van der Waals surface area contributed by atoms with Crippen LogP contribution in [0, 0.1) is 0 Å². The van der Waals surface area contributed by atoms with Crippen LogP contribution in [-0.4, -0.2) is 25.2 Å². The number of rotatable bonds is 3. The number of hydrogen-bond donors (Lipinski definition) is 2. The molecule has 2 nitrogen and oxygen atoms in total. The van der Waals surface area contributed by atoms with E-state index in [9.17, 15) is 0 Å². The van der Waals surface area contributed by atoms with Crippen LogP contribution in [0.2, 0.25) is 0 Å². The predicted octanol–water partition coefficient (Wildman–Crippen LogP) is 0.736. The smallest absolute Gasteiger partial charge is 0.0193 e. The fourth-order valence-electron chi connectivity index (χ4n) is 1.31. The molecule has 60 valence electrons. The van der Waals surface area contributed by atoms with Gasteiger partial charge in [-0.25, -0.2) is 0 Å². The van der Waals surface area contributed by atoms with Crippen LogP contribution in [0.1, 0.15) is 26.7 Å². The molecule has 1 heterocycles. The van der Waals surface area contributed by atoms with Gasteiger partial charge in [0.15, 0.2) is 0 Å². The van der Waals surface area contributed by atoms with Gasteiger partial charge in [-0.15, -0.1) is 0 Å². The summed E-state index contributed by atoms with van der Waals surface area (Å²) in [5, 5.41) is 6.87. The van der Waals surface area contributed by atoms with Crippen molar-refractivity contribution < 1.29 is 0 Å². The molecule has 1 aliphatic heterocycles. The summed E-state index contributed by atoms with van der Waals surface area (Å²) in [5.74, 6) is 0. The third-order valence-corrected chi connectivity index (χ3v) is 1.93.